The van der Waals surface area contributed by atoms with Gasteiger partial charge < -0.3 is 9.13 Å². The molecule has 0 unspecified atom stereocenters. The molecular formula is C50H30N2O4S. The largest absolute Gasteiger partial charge is 0.309 e. The molecule has 6 nitrogen and oxygen atoms in total. The summed E-state index contributed by atoms with van der Waals surface area (Å²) in [5.74, 6) is 0. The average Bonchev–Trinajstić information content (AvgIpc) is 3.85. The first kappa shape index (κ1) is 33.0. The minimum atomic E-state index is -3.78. The molecule has 8 aromatic carbocycles. The molecule has 11 rings (SSSR count). The van der Waals surface area contributed by atoms with Gasteiger partial charge in [0.1, 0.15) is 12.6 Å². The zero-order valence-corrected chi connectivity index (χ0v) is 31.1. The van der Waals surface area contributed by atoms with Gasteiger partial charge in [0.05, 0.1) is 31.9 Å². The van der Waals surface area contributed by atoms with Crippen LogP contribution in [0.15, 0.2) is 180 Å². The molecule has 0 fully saturated rings. The second-order valence-electron chi connectivity index (χ2n) is 14.5. The van der Waals surface area contributed by atoms with Gasteiger partial charge in [0.25, 0.3) is 0 Å². The number of benzene rings is 8. The zero-order valence-electron chi connectivity index (χ0n) is 30.3. The van der Waals surface area contributed by atoms with E-state index in [2.05, 4.69) is 33.4 Å². The minimum absolute atomic E-state index is 0.309. The Morgan fingerprint density at radius 2 is 0.754 bits per heavy atom. The van der Waals surface area contributed by atoms with Crippen LogP contribution in [0.25, 0.3) is 88.4 Å². The topological polar surface area (TPSA) is 78.1 Å². The number of sulfone groups is 1. The van der Waals surface area contributed by atoms with Crippen molar-refractivity contribution >= 4 is 66.0 Å². The highest BCUT2D eigenvalue weighted by Crippen LogP contribution is 2.46. The summed E-state index contributed by atoms with van der Waals surface area (Å²) in [5.41, 5.74) is 12.1. The molecule has 1 aliphatic heterocycles. The van der Waals surface area contributed by atoms with Crippen molar-refractivity contribution in [1.82, 2.24) is 9.13 Å². The van der Waals surface area contributed by atoms with E-state index < -0.39 is 9.84 Å². The lowest BCUT2D eigenvalue weighted by Crippen LogP contribution is -1.98. The number of aldehydes is 2. The van der Waals surface area contributed by atoms with E-state index in [-0.39, 0.29) is 0 Å². The van der Waals surface area contributed by atoms with Gasteiger partial charge in [-0.2, -0.15) is 0 Å². The van der Waals surface area contributed by atoms with Crippen LogP contribution in [0.2, 0.25) is 0 Å². The van der Waals surface area contributed by atoms with E-state index in [4.69, 9.17) is 0 Å². The van der Waals surface area contributed by atoms with E-state index in [1.54, 1.807) is 12.1 Å². The Morgan fingerprint density at radius 3 is 1.18 bits per heavy atom. The maximum absolute atomic E-state index is 14.2. The summed E-state index contributed by atoms with van der Waals surface area (Å²) in [6.45, 7) is 0. The molecule has 10 aromatic rings. The van der Waals surface area contributed by atoms with Crippen molar-refractivity contribution in [2.75, 3.05) is 0 Å². The van der Waals surface area contributed by atoms with Crippen LogP contribution in [0.1, 0.15) is 20.7 Å². The molecule has 270 valence electrons. The number of aromatic nitrogens is 2. The number of para-hydroxylation sites is 2. The molecule has 7 heteroatoms. The molecule has 3 heterocycles. The van der Waals surface area contributed by atoms with E-state index in [1.165, 1.54) is 0 Å². The van der Waals surface area contributed by atoms with Crippen molar-refractivity contribution < 1.29 is 18.0 Å². The SMILES string of the molecule is O=Cc1ccc2c(c1)c1ccccc1n2-c1ccc(-c2ccc3c(c2)S(=O)(=O)c2cc(-c4ccc(-n5c6ccccc6c6cc(C=O)ccc65)cc4)ccc2-3)cc1. The van der Waals surface area contributed by atoms with Crippen LogP contribution in [0.5, 0.6) is 0 Å². The van der Waals surface area contributed by atoms with Crippen LogP contribution < -0.4 is 0 Å². The summed E-state index contributed by atoms with van der Waals surface area (Å²) in [6.07, 6.45) is 1.74. The van der Waals surface area contributed by atoms with Gasteiger partial charge >= 0.3 is 0 Å². The molecule has 1 aliphatic rings. The highest BCUT2D eigenvalue weighted by molar-refractivity contribution is 7.92. The Morgan fingerprint density at radius 1 is 0.368 bits per heavy atom. The third-order valence-electron chi connectivity index (χ3n) is 11.4. The average molecular weight is 755 g/mol. The Labute approximate surface area is 327 Å². The number of hydrogen-bond donors (Lipinski definition) is 0. The van der Waals surface area contributed by atoms with Crippen LogP contribution in [0, 0.1) is 0 Å². The molecule has 57 heavy (non-hydrogen) atoms. The smallest absolute Gasteiger partial charge is 0.207 e. The molecule has 0 amide bonds. The van der Waals surface area contributed by atoms with Crippen LogP contribution in [0.4, 0.5) is 0 Å². The first-order valence-electron chi connectivity index (χ1n) is 18.6. The van der Waals surface area contributed by atoms with Crippen LogP contribution in [-0.4, -0.2) is 30.1 Å². The molecular weight excluding hydrogens is 725 g/mol. The summed E-state index contributed by atoms with van der Waals surface area (Å²) in [6, 6.07) is 55.5. The summed E-state index contributed by atoms with van der Waals surface area (Å²) in [7, 11) is -3.78. The fraction of sp³-hybridized carbons (Fsp3) is 0. The van der Waals surface area contributed by atoms with Crippen LogP contribution in [-0.2, 0) is 9.84 Å². The van der Waals surface area contributed by atoms with Gasteiger partial charge in [0.15, 0.2) is 0 Å². The molecule has 0 spiro atoms. The van der Waals surface area contributed by atoms with Crippen molar-refractivity contribution in [1.29, 1.82) is 0 Å². The Bertz CT molecular complexity index is 3220. The maximum Gasteiger partial charge on any atom is 0.207 e. The van der Waals surface area contributed by atoms with Gasteiger partial charge in [-0.25, -0.2) is 8.42 Å². The first-order valence-corrected chi connectivity index (χ1v) is 20.1. The van der Waals surface area contributed by atoms with Crippen molar-refractivity contribution in [3.63, 3.8) is 0 Å². The van der Waals surface area contributed by atoms with E-state index in [0.717, 1.165) is 89.8 Å². The molecule has 0 saturated heterocycles. The number of hydrogen-bond acceptors (Lipinski definition) is 4. The quantitative estimate of drug-likeness (QED) is 0.158. The number of carbonyl (C=O) groups is 2. The lowest BCUT2D eigenvalue weighted by atomic mass is 9.98. The van der Waals surface area contributed by atoms with Gasteiger partial charge in [0, 0.05) is 55.2 Å². The lowest BCUT2D eigenvalue weighted by Gasteiger charge is -2.10. The fourth-order valence-corrected chi connectivity index (χ4v) is 10.4. The lowest BCUT2D eigenvalue weighted by molar-refractivity contribution is 0.111. The summed E-state index contributed by atoms with van der Waals surface area (Å²) in [4.78, 5) is 23.7. The predicted molar refractivity (Wildman–Crippen MR) is 228 cm³/mol. The van der Waals surface area contributed by atoms with Crippen molar-refractivity contribution in [3.05, 3.63) is 181 Å². The van der Waals surface area contributed by atoms with Gasteiger partial charge in [-0.05, 0) is 107 Å². The monoisotopic (exact) mass is 754 g/mol. The normalized spacial score (nSPS) is 13.0. The van der Waals surface area contributed by atoms with Crippen molar-refractivity contribution in [2.45, 2.75) is 9.79 Å². The predicted octanol–water partition coefficient (Wildman–Crippen LogP) is 11.7. The maximum atomic E-state index is 14.2. The van der Waals surface area contributed by atoms with E-state index >= 15 is 0 Å². The van der Waals surface area contributed by atoms with Crippen LogP contribution in [0.3, 0.4) is 0 Å². The second-order valence-corrected chi connectivity index (χ2v) is 16.4. The molecule has 0 radical (unpaired) electrons. The Kier molecular flexibility index (Phi) is 7.14. The van der Waals surface area contributed by atoms with Gasteiger partial charge in [-0.15, -0.1) is 0 Å². The molecule has 0 N–H and O–H groups in total. The number of carbonyl (C=O) groups excluding carboxylic acids is 2. The first-order chi connectivity index (χ1) is 27.9. The molecule has 2 aromatic heterocycles. The van der Waals surface area contributed by atoms with Crippen molar-refractivity contribution in [3.8, 4) is 44.8 Å². The molecule has 0 saturated carbocycles. The Balaban J connectivity index is 0.917. The molecule has 0 bridgehead atoms. The van der Waals surface area contributed by atoms with E-state index in [0.29, 0.717) is 32.0 Å². The number of nitrogens with zero attached hydrogens (tertiary/aromatic N) is 2. The summed E-state index contributed by atoms with van der Waals surface area (Å²) >= 11 is 0. The number of rotatable bonds is 6. The molecule has 0 atom stereocenters. The van der Waals surface area contributed by atoms with E-state index in [1.807, 2.05) is 133 Å². The third kappa shape index (κ3) is 4.92. The minimum Gasteiger partial charge on any atom is -0.309 e. The summed E-state index contributed by atoms with van der Waals surface area (Å²) in [5, 5.41) is 4.16. The summed E-state index contributed by atoms with van der Waals surface area (Å²) < 4.78 is 32.8. The highest BCUT2D eigenvalue weighted by atomic mass is 32.2. The zero-order chi connectivity index (χ0) is 38.4. The molecule has 0 aliphatic carbocycles. The van der Waals surface area contributed by atoms with E-state index in [9.17, 15) is 18.0 Å². The van der Waals surface area contributed by atoms with Gasteiger partial charge in [-0.1, -0.05) is 84.9 Å². The fourth-order valence-electron chi connectivity index (χ4n) is 8.70. The van der Waals surface area contributed by atoms with Crippen LogP contribution >= 0.6 is 0 Å². The standard InChI is InChI=1S/C50H30N2O4S/c53-29-31-9-23-47-43(25-31)39-5-1-3-7-45(39)51(47)37-17-11-33(12-18-37)35-15-21-41-42-22-16-36(28-50(42)57(55,56)49(41)27-35)34-13-19-38(20-14-34)52-46-8-4-2-6-40(46)44-26-32(30-54)10-24-48(44)52/h1-30H. The van der Waals surface area contributed by atoms with Crippen molar-refractivity contribution in [2.24, 2.45) is 0 Å². The third-order valence-corrected chi connectivity index (χ3v) is 13.2. The second kappa shape index (κ2) is 12.3. The Hall–Kier alpha value is -7.35. The van der Waals surface area contributed by atoms with Gasteiger partial charge in [0.2, 0.25) is 9.84 Å². The highest BCUT2D eigenvalue weighted by Gasteiger charge is 2.33. The van der Waals surface area contributed by atoms with Gasteiger partial charge in [-0.3, -0.25) is 9.59 Å². The number of fused-ring (bicyclic) bond motifs is 9.